The van der Waals surface area contributed by atoms with Crippen LogP contribution >= 0.6 is 8.03 Å². The van der Waals surface area contributed by atoms with Crippen molar-refractivity contribution < 1.29 is 19.4 Å². The maximum absolute atomic E-state index is 11.9. The molecule has 1 aromatic carbocycles. The van der Waals surface area contributed by atoms with Crippen LogP contribution in [-0.2, 0) is 15.8 Å². The third-order valence-corrected chi connectivity index (χ3v) is 6.43. The molecule has 1 rings (SSSR count). The van der Waals surface area contributed by atoms with Crippen LogP contribution in [0.1, 0.15) is 44.6 Å². The average Bonchev–Trinajstić information content (AvgIpc) is 2.53. The minimum absolute atomic E-state index is 0.221. The first kappa shape index (κ1) is 19.9. The standard InChI is InChI=1S/C17H28NO4P/c1-14(16(19)20)17(12-13-18,23(21)22)11-7-3-6-10-15-8-4-2-5-9-15/h2,4-5,8-9,14,23H,3,6-7,10-13,18H2,1H3,(H,19,20)(H,21,22). The van der Waals surface area contributed by atoms with Gasteiger partial charge in [0.15, 0.2) is 8.03 Å². The highest BCUT2D eigenvalue weighted by atomic mass is 31.1. The van der Waals surface area contributed by atoms with E-state index in [-0.39, 0.29) is 13.0 Å². The van der Waals surface area contributed by atoms with Crippen molar-refractivity contribution in [3.8, 4) is 0 Å². The van der Waals surface area contributed by atoms with Crippen LogP contribution in [0.25, 0.3) is 0 Å². The second-order valence-electron chi connectivity index (χ2n) is 6.11. The lowest BCUT2D eigenvalue weighted by Gasteiger charge is -2.34. The Hall–Kier alpha value is -1.16. The maximum atomic E-state index is 11.9. The lowest BCUT2D eigenvalue weighted by molar-refractivity contribution is -0.142. The number of nitrogens with two attached hydrogens (primary N) is 1. The normalized spacial score (nSPS) is 16.5. The van der Waals surface area contributed by atoms with Crippen molar-refractivity contribution in [2.24, 2.45) is 11.7 Å². The lowest BCUT2D eigenvalue weighted by atomic mass is 9.85. The van der Waals surface area contributed by atoms with E-state index in [0.29, 0.717) is 6.42 Å². The minimum atomic E-state index is -2.99. The van der Waals surface area contributed by atoms with Crippen LogP contribution in [-0.4, -0.2) is 27.7 Å². The summed E-state index contributed by atoms with van der Waals surface area (Å²) in [6.07, 6.45) is 4.29. The smallest absolute Gasteiger partial charge is 0.307 e. The van der Waals surface area contributed by atoms with Crippen LogP contribution in [0.15, 0.2) is 30.3 Å². The summed E-state index contributed by atoms with van der Waals surface area (Å²) in [5, 5.41) is 8.18. The zero-order chi connectivity index (χ0) is 17.3. The highest BCUT2D eigenvalue weighted by molar-refractivity contribution is 7.40. The van der Waals surface area contributed by atoms with Crippen LogP contribution in [0.2, 0.25) is 0 Å². The number of hydrogen-bond donors (Lipinski definition) is 3. The third kappa shape index (κ3) is 5.76. The molecular formula is C17H28NO4P. The first-order valence-electron chi connectivity index (χ1n) is 8.14. The van der Waals surface area contributed by atoms with Gasteiger partial charge in [-0.2, -0.15) is 0 Å². The summed E-state index contributed by atoms with van der Waals surface area (Å²) >= 11 is 0. The molecule has 0 fully saturated rings. The molecule has 4 N–H and O–H groups in total. The molecule has 0 amide bonds. The largest absolute Gasteiger partial charge is 0.481 e. The van der Waals surface area contributed by atoms with Gasteiger partial charge in [-0.05, 0) is 37.8 Å². The van der Waals surface area contributed by atoms with Crippen LogP contribution in [0, 0.1) is 5.92 Å². The quantitative estimate of drug-likeness (QED) is 0.424. The Bertz CT molecular complexity index is 509. The van der Waals surface area contributed by atoms with Gasteiger partial charge in [0.2, 0.25) is 0 Å². The van der Waals surface area contributed by atoms with E-state index in [1.165, 1.54) is 12.5 Å². The van der Waals surface area contributed by atoms with E-state index in [0.717, 1.165) is 25.7 Å². The number of aliphatic carboxylic acids is 1. The fourth-order valence-electron chi connectivity index (χ4n) is 3.04. The van der Waals surface area contributed by atoms with Crippen LogP contribution in [0.5, 0.6) is 0 Å². The van der Waals surface area contributed by atoms with Crippen molar-refractivity contribution in [2.45, 2.75) is 50.6 Å². The van der Waals surface area contributed by atoms with Gasteiger partial charge in [-0.15, -0.1) is 0 Å². The van der Waals surface area contributed by atoms with Crippen molar-refractivity contribution in [1.29, 1.82) is 0 Å². The van der Waals surface area contributed by atoms with E-state index in [4.69, 9.17) is 5.73 Å². The van der Waals surface area contributed by atoms with Gasteiger partial charge in [-0.1, -0.05) is 50.1 Å². The number of unbranched alkanes of at least 4 members (excludes halogenated alkanes) is 2. The Kier molecular flexibility index (Phi) is 8.53. The van der Waals surface area contributed by atoms with Gasteiger partial charge < -0.3 is 15.7 Å². The van der Waals surface area contributed by atoms with Crippen molar-refractivity contribution in [1.82, 2.24) is 0 Å². The van der Waals surface area contributed by atoms with Crippen molar-refractivity contribution >= 4 is 14.0 Å². The number of hydrogen-bond acceptors (Lipinski definition) is 3. The second-order valence-corrected chi connectivity index (χ2v) is 7.71. The first-order valence-corrected chi connectivity index (χ1v) is 9.50. The summed E-state index contributed by atoms with van der Waals surface area (Å²) in [6, 6.07) is 10.2. The lowest BCUT2D eigenvalue weighted by Crippen LogP contribution is -2.39. The van der Waals surface area contributed by atoms with Gasteiger partial charge in [0.05, 0.1) is 11.1 Å². The molecule has 0 bridgehead atoms. The molecule has 0 radical (unpaired) electrons. The van der Waals surface area contributed by atoms with Crippen LogP contribution in [0.4, 0.5) is 0 Å². The number of carbonyl (C=O) groups is 1. The second kappa shape index (κ2) is 9.86. The van der Waals surface area contributed by atoms with Gasteiger partial charge >= 0.3 is 5.97 Å². The SMILES string of the molecule is CC(C(=O)O)C(CCN)(CCCCCc1ccccc1)[PH](=O)O. The van der Waals surface area contributed by atoms with Gasteiger partial charge in [0, 0.05) is 0 Å². The predicted molar refractivity (Wildman–Crippen MR) is 93.0 cm³/mol. The molecular weight excluding hydrogens is 313 g/mol. The summed E-state index contributed by atoms with van der Waals surface area (Å²) in [4.78, 5) is 21.1. The van der Waals surface area contributed by atoms with E-state index >= 15 is 0 Å². The third-order valence-electron chi connectivity index (χ3n) is 4.65. The highest BCUT2D eigenvalue weighted by Crippen LogP contribution is 2.48. The zero-order valence-electron chi connectivity index (χ0n) is 13.7. The van der Waals surface area contributed by atoms with Crippen molar-refractivity contribution in [3.63, 3.8) is 0 Å². The molecule has 1 aromatic rings. The Labute approximate surface area is 138 Å². The molecule has 0 saturated heterocycles. The number of carboxylic acids is 1. The zero-order valence-corrected chi connectivity index (χ0v) is 14.7. The molecule has 130 valence electrons. The Balaban J connectivity index is 2.57. The Morgan fingerprint density at radius 2 is 1.87 bits per heavy atom. The predicted octanol–water partition coefficient (Wildman–Crippen LogP) is 3.06. The minimum Gasteiger partial charge on any atom is -0.481 e. The van der Waals surface area contributed by atoms with E-state index in [9.17, 15) is 19.4 Å². The molecule has 5 nitrogen and oxygen atoms in total. The fourth-order valence-corrected chi connectivity index (χ4v) is 4.28. The van der Waals surface area contributed by atoms with Crippen LogP contribution < -0.4 is 5.73 Å². The molecule has 0 saturated carbocycles. The first-order chi connectivity index (χ1) is 10.9. The molecule has 3 atom stereocenters. The monoisotopic (exact) mass is 341 g/mol. The number of rotatable bonds is 11. The summed E-state index contributed by atoms with van der Waals surface area (Å²) in [7, 11) is -2.99. The fraction of sp³-hybridized carbons (Fsp3) is 0.588. The van der Waals surface area contributed by atoms with Crippen molar-refractivity contribution in [2.75, 3.05) is 6.54 Å². The molecule has 23 heavy (non-hydrogen) atoms. The number of aryl methyl sites for hydroxylation is 1. The molecule has 0 spiro atoms. The van der Waals surface area contributed by atoms with Gasteiger partial charge in [-0.3, -0.25) is 9.36 Å². The molecule has 0 aliphatic rings. The molecule has 0 aliphatic carbocycles. The van der Waals surface area contributed by atoms with E-state index < -0.39 is 25.1 Å². The summed E-state index contributed by atoms with van der Waals surface area (Å²) in [5.41, 5.74) is 6.84. The molecule has 0 aromatic heterocycles. The Morgan fingerprint density at radius 3 is 2.39 bits per heavy atom. The summed E-state index contributed by atoms with van der Waals surface area (Å²) < 4.78 is 11.9. The summed E-state index contributed by atoms with van der Waals surface area (Å²) in [6.45, 7) is 1.74. The van der Waals surface area contributed by atoms with Gasteiger partial charge in [-0.25, -0.2) is 0 Å². The number of carboxylic acid groups (broad SMARTS) is 1. The van der Waals surface area contributed by atoms with Crippen LogP contribution in [0.3, 0.4) is 0 Å². The maximum Gasteiger partial charge on any atom is 0.307 e. The van der Waals surface area contributed by atoms with Gasteiger partial charge in [0.1, 0.15) is 0 Å². The van der Waals surface area contributed by atoms with Crippen molar-refractivity contribution in [3.05, 3.63) is 35.9 Å². The highest BCUT2D eigenvalue weighted by Gasteiger charge is 2.43. The van der Waals surface area contributed by atoms with E-state index in [1.54, 1.807) is 0 Å². The summed E-state index contributed by atoms with van der Waals surface area (Å²) in [5.74, 6) is -1.90. The average molecular weight is 341 g/mol. The molecule has 0 aliphatic heterocycles. The van der Waals surface area contributed by atoms with E-state index in [2.05, 4.69) is 12.1 Å². The molecule has 0 heterocycles. The topological polar surface area (TPSA) is 101 Å². The van der Waals surface area contributed by atoms with Gasteiger partial charge in [0.25, 0.3) is 0 Å². The molecule has 6 heteroatoms. The van der Waals surface area contributed by atoms with E-state index in [1.807, 2.05) is 18.2 Å². The molecule has 3 unspecified atom stereocenters. The Morgan fingerprint density at radius 1 is 1.22 bits per heavy atom. The number of benzene rings is 1.